The van der Waals surface area contributed by atoms with Crippen LogP contribution < -0.4 is 11.1 Å². The van der Waals surface area contributed by atoms with E-state index in [9.17, 15) is 22.4 Å². The number of hydrogen-bond donors (Lipinski definition) is 2. The second-order valence-electron chi connectivity index (χ2n) is 5.42. The van der Waals surface area contributed by atoms with Gasteiger partial charge in [-0.05, 0) is 43.7 Å². The Balaban J connectivity index is 2.08. The first-order valence-corrected chi connectivity index (χ1v) is 9.76. The van der Waals surface area contributed by atoms with Crippen LogP contribution in [-0.2, 0) is 14.6 Å². The number of rotatable bonds is 6. The van der Waals surface area contributed by atoms with E-state index in [1.807, 2.05) is 0 Å². The summed E-state index contributed by atoms with van der Waals surface area (Å²) in [6, 6.07) is 4.39. The topological polar surface area (TPSA) is 106 Å². The first kappa shape index (κ1) is 19.1. The van der Waals surface area contributed by atoms with E-state index in [4.69, 9.17) is 5.73 Å². The number of carbonyl (C=O) groups is 2. The zero-order valence-corrected chi connectivity index (χ0v) is 15.3. The molecule has 0 saturated heterocycles. The molecule has 134 valence electrons. The summed E-state index contributed by atoms with van der Waals surface area (Å²) in [6.07, 6.45) is -0.298. The third kappa shape index (κ3) is 4.43. The number of hydrogen-bond acceptors (Lipinski definition) is 5. The van der Waals surface area contributed by atoms with E-state index in [1.54, 1.807) is 13.8 Å². The molecule has 0 radical (unpaired) electrons. The van der Waals surface area contributed by atoms with Crippen molar-refractivity contribution in [1.29, 1.82) is 0 Å². The van der Waals surface area contributed by atoms with Crippen LogP contribution in [0.3, 0.4) is 0 Å². The molecule has 0 spiro atoms. The Labute approximate surface area is 148 Å². The van der Waals surface area contributed by atoms with Crippen molar-refractivity contribution in [3.8, 4) is 0 Å². The molecule has 25 heavy (non-hydrogen) atoms. The van der Waals surface area contributed by atoms with Gasteiger partial charge >= 0.3 is 0 Å². The highest BCUT2D eigenvalue weighted by Crippen LogP contribution is 2.32. The van der Waals surface area contributed by atoms with Gasteiger partial charge in [-0.3, -0.25) is 9.59 Å². The first-order valence-electron chi connectivity index (χ1n) is 7.30. The summed E-state index contributed by atoms with van der Waals surface area (Å²) in [5, 5.41) is 2.85. The highest BCUT2D eigenvalue weighted by atomic mass is 32.2. The average molecular weight is 384 g/mol. The van der Waals surface area contributed by atoms with E-state index in [1.165, 1.54) is 11.3 Å². The Bertz CT molecular complexity index is 918. The SMILES string of the molecule is Cc1sc(NC(=O)CCS(=O)(=O)c2ccc(F)cc2)c(C(N)=O)c1C. The third-order valence-electron chi connectivity index (χ3n) is 3.66. The summed E-state index contributed by atoms with van der Waals surface area (Å²) in [5.74, 6) is -2.18. The molecule has 0 saturated carbocycles. The molecule has 0 atom stereocenters. The maximum Gasteiger partial charge on any atom is 0.251 e. The van der Waals surface area contributed by atoms with E-state index in [-0.39, 0.29) is 16.9 Å². The molecular weight excluding hydrogens is 367 g/mol. The fourth-order valence-corrected chi connectivity index (χ4v) is 4.51. The Morgan fingerprint density at radius 2 is 1.80 bits per heavy atom. The van der Waals surface area contributed by atoms with Gasteiger partial charge in [0.05, 0.1) is 16.2 Å². The number of amides is 2. The van der Waals surface area contributed by atoms with Gasteiger partial charge in [0.15, 0.2) is 9.84 Å². The van der Waals surface area contributed by atoms with Crippen LogP contribution in [-0.4, -0.2) is 26.0 Å². The van der Waals surface area contributed by atoms with Crippen molar-refractivity contribution in [2.45, 2.75) is 25.2 Å². The van der Waals surface area contributed by atoms with Crippen molar-refractivity contribution in [2.24, 2.45) is 5.73 Å². The number of nitrogens with two attached hydrogens (primary N) is 1. The summed E-state index contributed by atoms with van der Waals surface area (Å²) >= 11 is 1.21. The van der Waals surface area contributed by atoms with E-state index < -0.39 is 33.2 Å². The maximum absolute atomic E-state index is 12.9. The maximum atomic E-state index is 12.9. The molecule has 3 N–H and O–H groups in total. The van der Waals surface area contributed by atoms with Gasteiger partial charge in [0.1, 0.15) is 10.8 Å². The summed E-state index contributed by atoms with van der Waals surface area (Å²) in [6.45, 7) is 3.52. The lowest BCUT2D eigenvalue weighted by Gasteiger charge is -2.06. The summed E-state index contributed by atoms with van der Waals surface area (Å²) in [5.41, 5.74) is 6.25. The number of benzene rings is 1. The molecule has 0 fully saturated rings. The van der Waals surface area contributed by atoms with Crippen LogP contribution in [0.4, 0.5) is 9.39 Å². The molecule has 0 bridgehead atoms. The minimum absolute atomic E-state index is 0.0534. The number of thiophene rings is 1. The van der Waals surface area contributed by atoms with Gasteiger partial charge in [-0.2, -0.15) is 0 Å². The average Bonchev–Trinajstić information content (AvgIpc) is 2.80. The molecule has 1 aromatic carbocycles. The molecule has 2 rings (SSSR count). The molecule has 2 aromatic rings. The normalized spacial score (nSPS) is 11.3. The zero-order valence-electron chi connectivity index (χ0n) is 13.6. The number of aryl methyl sites for hydroxylation is 1. The number of carbonyl (C=O) groups excluding carboxylic acids is 2. The summed E-state index contributed by atoms with van der Waals surface area (Å²) in [7, 11) is -3.71. The number of primary amides is 1. The monoisotopic (exact) mass is 384 g/mol. The van der Waals surface area contributed by atoms with E-state index in [0.29, 0.717) is 10.6 Å². The molecular formula is C16H17FN2O4S2. The summed E-state index contributed by atoms with van der Waals surface area (Å²) < 4.78 is 37.2. The smallest absolute Gasteiger partial charge is 0.251 e. The quantitative estimate of drug-likeness (QED) is 0.746. The lowest BCUT2D eigenvalue weighted by Crippen LogP contribution is -2.20. The predicted octanol–water partition coefficient (Wildman–Crippen LogP) is 2.41. The van der Waals surface area contributed by atoms with Gasteiger partial charge in [0.2, 0.25) is 5.91 Å². The molecule has 0 aliphatic rings. The van der Waals surface area contributed by atoms with Crippen molar-refractivity contribution in [3.63, 3.8) is 0 Å². The molecule has 9 heteroatoms. The molecule has 1 heterocycles. The van der Waals surface area contributed by atoms with Crippen molar-refractivity contribution in [3.05, 3.63) is 46.1 Å². The van der Waals surface area contributed by atoms with Crippen LogP contribution in [0.15, 0.2) is 29.2 Å². The van der Waals surface area contributed by atoms with Gasteiger partial charge in [-0.25, -0.2) is 12.8 Å². The van der Waals surface area contributed by atoms with Gasteiger partial charge < -0.3 is 11.1 Å². The van der Waals surface area contributed by atoms with Gasteiger partial charge in [-0.15, -0.1) is 11.3 Å². The van der Waals surface area contributed by atoms with Gasteiger partial charge in [0.25, 0.3) is 5.91 Å². The van der Waals surface area contributed by atoms with Crippen LogP contribution in [0.5, 0.6) is 0 Å². The lowest BCUT2D eigenvalue weighted by molar-refractivity contribution is -0.115. The fraction of sp³-hybridized carbons (Fsp3) is 0.250. The zero-order chi connectivity index (χ0) is 18.8. The Morgan fingerprint density at radius 3 is 2.36 bits per heavy atom. The highest BCUT2D eigenvalue weighted by Gasteiger charge is 2.21. The van der Waals surface area contributed by atoms with Gasteiger partial charge in [0, 0.05) is 11.3 Å². The molecule has 6 nitrogen and oxygen atoms in total. The molecule has 2 amide bonds. The second-order valence-corrected chi connectivity index (χ2v) is 8.76. The second kappa shape index (κ2) is 7.32. The molecule has 0 aliphatic carbocycles. The van der Waals surface area contributed by atoms with Crippen LogP contribution in [0, 0.1) is 19.7 Å². The van der Waals surface area contributed by atoms with Crippen LogP contribution in [0.2, 0.25) is 0 Å². The standard InChI is InChI=1S/C16H17FN2O4S2/c1-9-10(2)24-16(14(9)15(18)21)19-13(20)7-8-25(22,23)12-5-3-11(17)4-6-12/h3-6H,7-8H2,1-2H3,(H2,18,21)(H,19,20). The van der Waals surface area contributed by atoms with E-state index >= 15 is 0 Å². The molecule has 0 unspecified atom stereocenters. The highest BCUT2D eigenvalue weighted by molar-refractivity contribution is 7.91. The van der Waals surface area contributed by atoms with Crippen LogP contribution in [0.25, 0.3) is 0 Å². The number of sulfone groups is 1. The van der Waals surface area contributed by atoms with Crippen molar-refractivity contribution in [2.75, 3.05) is 11.1 Å². The Morgan fingerprint density at radius 1 is 1.20 bits per heavy atom. The lowest BCUT2D eigenvalue weighted by atomic mass is 10.1. The van der Waals surface area contributed by atoms with E-state index in [0.717, 1.165) is 29.1 Å². The van der Waals surface area contributed by atoms with Crippen molar-refractivity contribution >= 4 is 38.0 Å². The van der Waals surface area contributed by atoms with E-state index in [2.05, 4.69) is 5.32 Å². The number of nitrogens with one attached hydrogen (secondary N) is 1. The Hall–Kier alpha value is -2.26. The minimum atomic E-state index is -3.71. The first-order chi connectivity index (χ1) is 11.6. The largest absolute Gasteiger partial charge is 0.365 e. The minimum Gasteiger partial charge on any atom is -0.365 e. The summed E-state index contributed by atoms with van der Waals surface area (Å²) in [4.78, 5) is 24.4. The number of halogens is 1. The molecule has 0 aliphatic heterocycles. The Kier molecular flexibility index (Phi) is 5.58. The number of anilines is 1. The third-order valence-corrected chi connectivity index (χ3v) is 6.51. The van der Waals surface area contributed by atoms with Crippen molar-refractivity contribution in [1.82, 2.24) is 0 Å². The predicted molar refractivity (Wildman–Crippen MR) is 94.0 cm³/mol. The molecule has 1 aromatic heterocycles. The fourth-order valence-electron chi connectivity index (χ4n) is 2.19. The van der Waals surface area contributed by atoms with Crippen LogP contribution in [0.1, 0.15) is 27.2 Å². The van der Waals surface area contributed by atoms with Crippen LogP contribution >= 0.6 is 11.3 Å². The van der Waals surface area contributed by atoms with Crippen molar-refractivity contribution < 1.29 is 22.4 Å². The van der Waals surface area contributed by atoms with Gasteiger partial charge in [-0.1, -0.05) is 0 Å².